The first-order valence-electron chi connectivity index (χ1n) is 7.20. The summed E-state index contributed by atoms with van der Waals surface area (Å²) in [6.45, 7) is 2.48. The number of halogens is 1. The molecule has 0 aliphatic carbocycles. The third-order valence-electron chi connectivity index (χ3n) is 3.26. The Balaban J connectivity index is 1.90. The third-order valence-corrected chi connectivity index (χ3v) is 3.26. The number of methoxy groups -OCH3 is 1. The van der Waals surface area contributed by atoms with Gasteiger partial charge in [0.1, 0.15) is 11.6 Å². The van der Waals surface area contributed by atoms with Crippen LogP contribution in [0.15, 0.2) is 17.1 Å². The van der Waals surface area contributed by atoms with E-state index < -0.39 is 0 Å². The van der Waals surface area contributed by atoms with E-state index in [-0.39, 0.29) is 12.6 Å². The smallest absolute Gasteiger partial charge is 0.191 e. The van der Waals surface area contributed by atoms with E-state index >= 15 is 0 Å². The number of guanidine groups is 1. The largest absolute Gasteiger partial charge is 0.467 e. The molecule has 7 heteroatoms. The summed E-state index contributed by atoms with van der Waals surface area (Å²) in [6, 6.07) is 2.96. The van der Waals surface area contributed by atoms with Gasteiger partial charge in [-0.05, 0) is 24.1 Å². The zero-order chi connectivity index (χ0) is 15.8. The summed E-state index contributed by atoms with van der Waals surface area (Å²) in [5.41, 5.74) is 1.59. The lowest BCUT2D eigenvalue weighted by molar-refractivity contribution is -0.0172. The molecule has 0 saturated heterocycles. The van der Waals surface area contributed by atoms with Crippen LogP contribution < -0.4 is 15.4 Å². The SMILES string of the molecule is CN=C(NCCOC)NCCc1cc(F)cc2c1OCOC2. The predicted molar refractivity (Wildman–Crippen MR) is 81.6 cm³/mol. The van der Waals surface area contributed by atoms with E-state index in [2.05, 4.69) is 15.6 Å². The van der Waals surface area contributed by atoms with Gasteiger partial charge in [-0.3, -0.25) is 4.99 Å². The first-order valence-corrected chi connectivity index (χ1v) is 7.20. The van der Waals surface area contributed by atoms with Gasteiger partial charge in [0.2, 0.25) is 0 Å². The normalized spacial score (nSPS) is 14.2. The van der Waals surface area contributed by atoms with E-state index in [0.717, 1.165) is 16.9 Å². The fraction of sp³-hybridized carbons (Fsp3) is 0.533. The maximum absolute atomic E-state index is 13.6. The van der Waals surface area contributed by atoms with Gasteiger partial charge in [0.05, 0.1) is 13.2 Å². The molecule has 22 heavy (non-hydrogen) atoms. The van der Waals surface area contributed by atoms with Crippen LogP contribution in [-0.2, 0) is 22.5 Å². The lowest BCUT2D eigenvalue weighted by atomic mass is 10.1. The number of aliphatic imine (C=N–C) groups is 1. The molecule has 2 rings (SSSR count). The molecule has 0 atom stereocenters. The molecule has 0 fully saturated rings. The average molecular weight is 311 g/mol. The highest BCUT2D eigenvalue weighted by Gasteiger charge is 2.16. The molecule has 1 aromatic rings. The quantitative estimate of drug-likeness (QED) is 0.467. The van der Waals surface area contributed by atoms with Crippen molar-refractivity contribution in [1.29, 1.82) is 0 Å². The van der Waals surface area contributed by atoms with Gasteiger partial charge < -0.3 is 24.8 Å². The van der Waals surface area contributed by atoms with Crippen molar-refractivity contribution in [3.63, 3.8) is 0 Å². The second-order valence-electron chi connectivity index (χ2n) is 4.83. The van der Waals surface area contributed by atoms with Crippen molar-refractivity contribution in [1.82, 2.24) is 10.6 Å². The van der Waals surface area contributed by atoms with E-state index in [1.54, 1.807) is 14.2 Å². The minimum atomic E-state index is -0.273. The van der Waals surface area contributed by atoms with Crippen molar-refractivity contribution in [2.75, 3.05) is 40.6 Å². The van der Waals surface area contributed by atoms with Crippen LogP contribution in [0, 0.1) is 5.82 Å². The molecular formula is C15H22FN3O3. The molecule has 0 bridgehead atoms. The van der Waals surface area contributed by atoms with Gasteiger partial charge in [-0.1, -0.05) is 0 Å². The van der Waals surface area contributed by atoms with Crippen molar-refractivity contribution >= 4 is 5.96 Å². The van der Waals surface area contributed by atoms with Crippen molar-refractivity contribution in [3.05, 3.63) is 29.1 Å². The minimum Gasteiger partial charge on any atom is -0.467 e. The number of rotatable bonds is 6. The first kappa shape index (κ1) is 16.5. The van der Waals surface area contributed by atoms with Crippen LogP contribution in [0.1, 0.15) is 11.1 Å². The molecule has 1 aromatic carbocycles. The number of nitrogens with one attached hydrogen (secondary N) is 2. The van der Waals surface area contributed by atoms with Crippen LogP contribution in [-0.4, -0.2) is 46.6 Å². The van der Waals surface area contributed by atoms with Crippen molar-refractivity contribution < 1.29 is 18.6 Å². The van der Waals surface area contributed by atoms with E-state index in [1.807, 2.05) is 0 Å². The summed E-state index contributed by atoms with van der Waals surface area (Å²) < 4.78 is 29.3. The summed E-state index contributed by atoms with van der Waals surface area (Å²) in [7, 11) is 3.35. The molecule has 122 valence electrons. The molecule has 0 aromatic heterocycles. The minimum absolute atomic E-state index is 0.208. The second kappa shape index (κ2) is 8.55. The highest BCUT2D eigenvalue weighted by molar-refractivity contribution is 5.79. The molecule has 2 N–H and O–H groups in total. The third kappa shape index (κ3) is 4.57. The van der Waals surface area contributed by atoms with Crippen molar-refractivity contribution in [2.24, 2.45) is 4.99 Å². The second-order valence-corrected chi connectivity index (χ2v) is 4.83. The molecule has 0 spiro atoms. The highest BCUT2D eigenvalue weighted by Crippen LogP contribution is 2.29. The molecule has 1 aliphatic heterocycles. The van der Waals surface area contributed by atoms with E-state index in [1.165, 1.54) is 12.1 Å². The van der Waals surface area contributed by atoms with Gasteiger partial charge in [0.15, 0.2) is 12.8 Å². The molecule has 1 heterocycles. The summed E-state index contributed by atoms with van der Waals surface area (Å²) in [6.07, 6.45) is 0.630. The topological polar surface area (TPSA) is 64.1 Å². The van der Waals surface area contributed by atoms with Gasteiger partial charge in [-0.2, -0.15) is 0 Å². The van der Waals surface area contributed by atoms with Gasteiger partial charge >= 0.3 is 0 Å². The summed E-state index contributed by atoms with van der Waals surface area (Å²) in [5.74, 6) is 1.15. The number of hydrogen-bond donors (Lipinski definition) is 2. The lowest BCUT2D eigenvalue weighted by Gasteiger charge is -2.21. The predicted octanol–water partition coefficient (Wildman–Crippen LogP) is 1.05. The summed E-state index contributed by atoms with van der Waals surface area (Å²) in [5, 5.41) is 6.30. The van der Waals surface area contributed by atoms with E-state index in [4.69, 9.17) is 14.2 Å². The summed E-state index contributed by atoms with van der Waals surface area (Å²) in [4.78, 5) is 4.11. The standard InChI is InChI=1S/C15H22FN3O3/c1-17-15(19-5-6-20-2)18-4-3-11-7-13(16)8-12-9-21-10-22-14(11)12/h7-8H,3-6,9-10H2,1-2H3,(H2,17,18,19). The number of nitrogens with zero attached hydrogens (tertiary/aromatic N) is 1. The monoisotopic (exact) mass is 311 g/mol. The first-order chi connectivity index (χ1) is 10.7. The van der Waals surface area contributed by atoms with Gasteiger partial charge in [-0.15, -0.1) is 0 Å². The number of hydrogen-bond acceptors (Lipinski definition) is 4. The van der Waals surface area contributed by atoms with Crippen LogP contribution in [0.4, 0.5) is 4.39 Å². The maximum Gasteiger partial charge on any atom is 0.191 e. The maximum atomic E-state index is 13.6. The van der Waals surface area contributed by atoms with Gasteiger partial charge in [0.25, 0.3) is 0 Å². The number of benzene rings is 1. The lowest BCUT2D eigenvalue weighted by Crippen LogP contribution is -2.39. The zero-order valence-electron chi connectivity index (χ0n) is 12.9. The Kier molecular flexibility index (Phi) is 6.42. The highest BCUT2D eigenvalue weighted by atomic mass is 19.1. The van der Waals surface area contributed by atoms with Crippen LogP contribution in [0.5, 0.6) is 5.75 Å². The number of ether oxygens (including phenoxy) is 3. The molecule has 0 saturated carbocycles. The van der Waals surface area contributed by atoms with Crippen molar-refractivity contribution in [3.8, 4) is 5.75 Å². The Labute approximate surface area is 129 Å². The van der Waals surface area contributed by atoms with Crippen LogP contribution in [0.3, 0.4) is 0 Å². The Morgan fingerprint density at radius 1 is 1.36 bits per heavy atom. The van der Waals surface area contributed by atoms with Crippen LogP contribution in [0.25, 0.3) is 0 Å². The van der Waals surface area contributed by atoms with Crippen LogP contribution >= 0.6 is 0 Å². The van der Waals surface area contributed by atoms with Crippen molar-refractivity contribution in [2.45, 2.75) is 13.0 Å². The fourth-order valence-corrected chi connectivity index (χ4v) is 2.25. The van der Waals surface area contributed by atoms with Crippen LogP contribution in [0.2, 0.25) is 0 Å². The zero-order valence-corrected chi connectivity index (χ0v) is 12.9. The fourth-order valence-electron chi connectivity index (χ4n) is 2.25. The Morgan fingerprint density at radius 2 is 2.18 bits per heavy atom. The molecule has 1 aliphatic rings. The van der Waals surface area contributed by atoms with E-state index in [9.17, 15) is 4.39 Å². The van der Waals surface area contributed by atoms with Gasteiger partial charge in [0, 0.05) is 32.8 Å². The molecule has 6 nitrogen and oxygen atoms in total. The number of fused-ring (bicyclic) bond motifs is 1. The van der Waals surface area contributed by atoms with E-state index in [0.29, 0.717) is 38.7 Å². The molecule has 0 radical (unpaired) electrons. The molecule has 0 unspecified atom stereocenters. The Bertz CT molecular complexity index is 523. The van der Waals surface area contributed by atoms with Gasteiger partial charge in [-0.25, -0.2) is 4.39 Å². The molecular weight excluding hydrogens is 289 g/mol. The average Bonchev–Trinajstić information content (AvgIpc) is 2.53. The molecule has 0 amide bonds. The summed E-state index contributed by atoms with van der Waals surface area (Å²) >= 11 is 0. The Morgan fingerprint density at radius 3 is 2.95 bits per heavy atom. The Hall–Kier alpha value is -1.86.